The average molecular weight is 243 g/mol. The van der Waals surface area contributed by atoms with E-state index in [1.54, 1.807) is 0 Å². The van der Waals surface area contributed by atoms with Gasteiger partial charge >= 0.3 is 0 Å². The standard InChI is InChI=1S/C13H25NOS/c1-13(2,12(14)16)8-5-9-15-10-11-6-3-4-7-11/h11H,3-10H2,1-2H3,(H2,14,16). The fraction of sp³-hybridized carbons (Fsp3) is 0.923. The summed E-state index contributed by atoms with van der Waals surface area (Å²) in [4.78, 5) is 0.614. The van der Waals surface area contributed by atoms with Gasteiger partial charge in [-0.1, -0.05) is 38.9 Å². The third-order valence-corrected chi connectivity index (χ3v) is 4.14. The molecule has 1 saturated carbocycles. The molecule has 0 aromatic carbocycles. The van der Waals surface area contributed by atoms with Crippen molar-refractivity contribution in [3.05, 3.63) is 0 Å². The van der Waals surface area contributed by atoms with E-state index < -0.39 is 0 Å². The lowest BCUT2D eigenvalue weighted by atomic mass is 9.88. The fourth-order valence-electron chi connectivity index (χ4n) is 2.17. The van der Waals surface area contributed by atoms with Gasteiger partial charge in [-0.25, -0.2) is 0 Å². The van der Waals surface area contributed by atoms with E-state index in [-0.39, 0.29) is 5.41 Å². The Morgan fingerprint density at radius 2 is 2.00 bits per heavy atom. The second-order valence-corrected chi connectivity index (χ2v) is 6.02. The van der Waals surface area contributed by atoms with Crippen LogP contribution in [0.2, 0.25) is 0 Å². The van der Waals surface area contributed by atoms with Crippen LogP contribution in [0.3, 0.4) is 0 Å². The van der Waals surface area contributed by atoms with Gasteiger partial charge in [-0.15, -0.1) is 0 Å². The van der Waals surface area contributed by atoms with Crippen molar-refractivity contribution in [2.75, 3.05) is 13.2 Å². The Morgan fingerprint density at radius 3 is 2.56 bits per heavy atom. The summed E-state index contributed by atoms with van der Waals surface area (Å²) < 4.78 is 5.71. The van der Waals surface area contributed by atoms with E-state index in [0.29, 0.717) is 4.99 Å². The second kappa shape index (κ2) is 6.55. The van der Waals surface area contributed by atoms with Crippen LogP contribution in [-0.4, -0.2) is 18.2 Å². The van der Waals surface area contributed by atoms with E-state index in [1.807, 2.05) is 0 Å². The van der Waals surface area contributed by atoms with Crippen LogP contribution < -0.4 is 5.73 Å². The molecule has 0 atom stereocenters. The van der Waals surface area contributed by atoms with Gasteiger partial charge in [0, 0.05) is 18.6 Å². The molecule has 3 heteroatoms. The van der Waals surface area contributed by atoms with Crippen molar-refractivity contribution < 1.29 is 4.74 Å². The van der Waals surface area contributed by atoms with Crippen LogP contribution in [0.1, 0.15) is 52.4 Å². The number of nitrogens with two attached hydrogens (primary N) is 1. The third kappa shape index (κ3) is 4.79. The Morgan fingerprint density at radius 1 is 1.38 bits per heavy atom. The minimum absolute atomic E-state index is 0.0218. The smallest absolute Gasteiger partial charge is 0.0784 e. The molecule has 0 amide bonds. The number of hydrogen-bond donors (Lipinski definition) is 1. The maximum Gasteiger partial charge on any atom is 0.0784 e. The summed E-state index contributed by atoms with van der Waals surface area (Å²) >= 11 is 5.03. The molecule has 0 radical (unpaired) electrons. The van der Waals surface area contributed by atoms with Gasteiger partial charge < -0.3 is 10.5 Å². The van der Waals surface area contributed by atoms with Crippen LogP contribution in [0, 0.1) is 11.3 Å². The highest BCUT2D eigenvalue weighted by atomic mass is 32.1. The Hall–Kier alpha value is -0.150. The summed E-state index contributed by atoms with van der Waals surface area (Å²) in [6.45, 7) is 6.01. The van der Waals surface area contributed by atoms with Crippen molar-refractivity contribution in [2.45, 2.75) is 52.4 Å². The van der Waals surface area contributed by atoms with Gasteiger partial charge in [0.15, 0.2) is 0 Å². The molecule has 1 aliphatic carbocycles. The average Bonchev–Trinajstić information content (AvgIpc) is 2.69. The zero-order valence-corrected chi connectivity index (χ0v) is 11.4. The first-order chi connectivity index (χ1) is 7.52. The molecule has 1 rings (SSSR count). The van der Waals surface area contributed by atoms with Gasteiger partial charge in [-0.05, 0) is 31.6 Å². The van der Waals surface area contributed by atoms with Crippen molar-refractivity contribution in [2.24, 2.45) is 17.1 Å². The molecule has 1 aliphatic rings. The van der Waals surface area contributed by atoms with Crippen molar-refractivity contribution in [3.8, 4) is 0 Å². The number of thiocarbonyl (C=S) groups is 1. The molecule has 0 unspecified atom stereocenters. The topological polar surface area (TPSA) is 35.2 Å². The molecule has 1 fully saturated rings. The normalized spacial score (nSPS) is 17.9. The molecule has 0 heterocycles. The van der Waals surface area contributed by atoms with E-state index in [9.17, 15) is 0 Å². The predicted molar refractivity (Wildman–Crippen MR) is 72.6 cm³/mol. The first-order valence-corrected chi connectivity index (χ1v) is 6.81. The molecular formula is C13H25NOS. The lowest BCUT2D eigenvalue weighted by molar-refractivity contribution is 0.0948. The Bertz CT molecular complexity index is 222. The fourth-order valence-corrected chi connectivity index (χ4v) is 2.27. The minimum atomic E-state index is -0.0218. The maximum atomic E-state index is 5.71. The molecular weight excluding hydrogens is 218 g/mol. The Kier molecular flexibility index (Phi) is 5.70. The number of hydrogen-bond acceptors (Lipinski definition) is 2. The molecule has 0 aromatic heterocycles. The van der Waals surface area contributed by atoms with Crippen molar-refractivity contribution in [1.29, 1.82) is 0 Å². The third-order valence-electron chi connectivity index (χ3n) is 3.59. The SMILES string of the molecule is CC(C)(CCCOCC1CCCC1)C(N)=S. The van der Waals surface area contributed by atoms with Crippen molar-refractivity contribution >= 4 is 17.2 Å². The van der Waals surface area contributed by atoms with E-state index in [2.05, 4.69) is 13.8 Å². The lowest BCUT2D eigenvalue weighted by Gasteiger charge is -2.22. The highest BCUT2D eigenvalue weighted by molar-refractivity contribution is 7.80. The molecule has 0 aromatic rings. The molecule has 0 bridgehead atoms. The first kappa shape index (κ1) is 13.9. The summed E-state index contributed by atoms with van der Waals surface area (Å²) in [6, 6.07) is 0. The van der Waals surface area contributed by atoms with Crippen LogP contribution in [0.25, 0.3) is 0 Å². The lowest BCUT2D eigenvalue weighted by Crippen LogP contribution is -2.29. The van der Waals surface area contributed by atoms with Gasteiger partial charge in [0.1, 0.15) is 0 Å². The Balaban J connectivity index is 2.01. The zero-order valence-electron chi connectivity index (χ0n) is 10.6. The molecule has 0 spiro atoms. The van der Waals surface area contributed by atoms with Crippen LogP contribution in [0.5, 0.6) is 0 Å². The predicted octanol–water partition coefficient (Wildman–Crippen LogP) is 3.29. The molecule has 0 aliphatic heterocycles. The maximum absolute atomic E-state index is 5.71. The quantitative estimate of drug-likeness (QED) is 0.550. The van der Waals surface area contributed by atoms with Crippen LogP contribution >= 0.6 is 12.2 Å². The molecule has 0 saturated heterocycles. The number of rotatable bonds is 7. The van der Waals surface area contributed by atoms with Gasteiger partial charge in [0.25, 0.3) is 0 Å². The summed E-state index contributed by atoms with van der Waals surface area (Å²) in [5.74, 6) is 0.823. The van der Waals surface area contributed by atoms with Crippen molar-refractivity contribution in [3.63, 3.8) is 0 Å². The summed E-state index contributed by atoms with van der Waals surface area (Å²) in [5, 5.41) is 0. The molecule has 94 valence electrons. The zero-order chi connectivity index (χ0) is 12.0. The summed E-state index contributed by atoms with van der Waals surface area (Å²) in [7, 11) is 0. The monoisotopic (exact) mass is 243 g/mol. The van der Waals surface area contributed by atoms with Crippen LogP contribution in [0.15, 0.2) is 0 Å². The summed E-state index contributed by atoms with van der Waals surface area (Å²) in [6.07, 6.45) is 7.58. The van der Waals surface area contributed by atoms with E-state index in [0.717, 1.165) is 32.0 Å². The van der Waals surface area contributed by atoms with E-state index >= 15 is 0 Å². The number of ether oxygens (including phenoxy) is 1. The first-order valence-electron chi connectivity index (χ1n) is 6.40. The van der Waals surface area contributed by atoms with Gasteiger partial charge in [-0.3, -0.25) is 0 Å². The summed E-state index contributed by atoms with van der Waals surface area (Å²) in [5.41, 5.74) is 5.65. The minimum Gasteiger partial charge on any atom is -0.393 e. The van der Waals surface area contributed by atoms with Gasteiger partial charge in [-0.2, -0.15) is 0 Å². The highest BCUT2D eigenvalue weighted by Crippen LogP contribution is 2.25. The van der Waals surface area contributed by atoms with E-state index in [1.165, 1.54) is 25.7 Å². The highest BCUT2D eigenvalue weighted by Gasteiger charge is 2.20. The second-order valence-electron chi connectivity index (χ2n) is 5.58. The van der Waals surface area contributed by atoms with Crippen LogP contribution in [0.4, 0.5) is 0 Å². The van der Waals surface area contributed by atoms with Crippen molar-refractivity contribution in [1.82, 2.24) is 0 Å². The van der Waals surface area contributed by atoms with Gasteiger partial charge in [0.2, 0.25) is 0 Å². The van der Waals surface area contributed by atoms with Crippen LogP contribution in [-0.2, 0) is 4.74 Å². The van der Waals surface area contributed by atoms with Gasteiger partial charge in [0.05, 0.1) is 4.99 Å². The largest absolute Gasteiger partial charge is 0.393 e. The molecule has 2 nitrogen and oxygen atoms in total. The molecule has 16 heavy (non-hydrogen) atoms. The molecule has 2 N–H and O–H groups in total. The Labute approximate surface area is 105 Å². The van der Waals surface area contributed by atoms with E-state index in [4.69, 9.17) is 22.7 Å².